The lowest BCUT2D eigenvalue weighted by atomic mass is 9.99. The number of nitrogens with zero attached hydrogens (tertiary/aromatic N) is 1. The second kappa shape index (κ2) is 8.40. The Hall–Kier alpha value is -0.250. The van der Waals surface area contributed by atoms with Gasteiger partial charge in [-0.1, -0.05) is 18.5 Å². The van der Waals surface area contributed by atoms with Crippen LogP contribution in [0, 0.1) is 12.8 Å². The molecule has 1 fully saturated rings. The molecule has 1 saturated heterocycles. The van der Waals surface area contributed by atoms with E-state index in [1.165, 1.54) is 38.9 Å². The molecule has 1 heterocycles. The van der Waals surface area contributed by atoms with E-state index in [-0.39, 0.29) is 0 Å². The van der Waals surface area contributed by atoms with Crippen molar-refractivity contribution in [1.82, 2.24) is 4.90 Å². The Kier molecular flexibility index (Phi) is 6.84. The number of hydrogen-bond donors (Lipinski definition) is 0. The molecule has 118 valence electrons. The molecular weight excluding hydrogens is 350 g/mol. The zero-order chi connectivity index (χ0) is 15.2. The summed E-state index contributed by atoms with van der Waals surface area (Å²) in [6.45, 7) is 8.83. The molecule has 0 radical (unpaired) electrons. The fourth-order valence-corrected chi connectivity index (χ4v) is 3.85. The van der Waals surface area contributed by atoms with Gasteiger partial charge < -0.3 is 9.64 Å². The Bertz CT molecular complexity index is 435. The van der Waals surface area contributed by atoms with Crippen LogP contribution in [0.3, 0.4) is 0 Å². The van der Waals surface area contributed by atoms with Gasteiger partial charge in [0.15, 0.2) is 5.75 Å². The summed E-state index contributed by atoms with van der Waals surface area (Å²) in [5.74, 6) is 1.68. The maximum atomic E-state index is 6.22. The topological polar surface area (TPSA) is 12.5 Å². The fraction of sp³-hybridized carbons (Fsp3) is 0.647. The van der Waals surface area contributed by atoms with E-state index in [0.29, 0.717) is 5.02 Å². The summed E-state index contributed by atoms with van der Waals surface area (Å²) in [5, 5.41) is 0.687. The van der Waals surface area contributed by atoms with Crippen LogP contribution in [0.5, 0.6) is 5.75 Å². The highest BCUT2D eigenvalue weighted by Gasteiger charge is 2.14. The number of halogens is 2. The molecule has 4 heteroatoms. The molecule has 0 amide bonds. The van der Waals surface area contributed by atoms with E-state index in [9.17, 15) is 0 Å². The Labute approximate surface area is 141 Å². The molecule has 2 nitrogen and oxygen atoms in total. The largest absolute Gasteiger partial charge is 0.491 e. The predicted molar refractivity (Wildman–Crippen MR) is 93.5 cm³/mol. The maximum Gasteiger partial charge on any atom is 0.152 e. The summed E-state index contributed by atoms with van der Waals surface area (Å²) in [5.41, 5.74) is 1.14. The number of rotatable bonds is 6. The van der Waals surface area contributed by atoms with Crippen molar-refractivity contribution >= 4 is 27.5 Å². The molecule has 1 aromatic carbocycles. The van der Waals surface area contributed by atoms with Crippen LogP contribution >= 0.6 is 27.5 Å². The van der Waals surface area contributed by atoms with Gasteiger partial charge in [0.05, 0.1) is 16.1 Å². The molecule has 0 aliphatic carbocycles. The summed E-state index contributed by atoms with van der Waals surface area (Å²) in [6.07, 6.45) is 4.96. The molecule has 0 aromatic heterocycles. The average Bonchev–Trinajstić information content (AvgIpc) is 2.43. The lowest BCUT2D eigenvalue weighted by Crippen LogP contribution is -2.33. The van der Waals surface area contributed by atoms with Crippen molar-refractivity contribution in [2.75, 3.05) is 26.2 Å². The summed E-state index contributed by atoms with van der Waals surface area (Å²) in [6, 6.07) is 3.98. The average molecular weight is 375 g/mol. The Balaban J connectivity index is 1.66. The molecule has 1 aliphatic heterocycles. The predicted octanol–water partition coefficient (Wildman–Crippen LogP) is 5.30. The summed E-state index contributed by atoms with van der Waals surface area (Å²) in [7, 11) is 0. The zero-order valence-electron chi connectivity index (χ0n) is 13.0. The quantitative estimate of drug-likeness (QED) is 0.626. The SMILES string of the molecule is Cc1cc(Cl)c(OCCCCN2CCC(C)CC2)c(Br)c1. The molecule has 0 unspecified atom stereocenters. The molecule has 0 N–H and O–H groups in total. The highest BCUT2D eigenvalue weighted by molar-refractivity contribution is 9.10. The summed E-state index contributed by atoms with van der Waals surface area (Å²) >= 11 is 9.74. The van der Waals surface area contributed by atoms with E-state index in [1.807, 2.05) is 19.1 Å². The van der Waals surface area contributed by atoms with Crippen LogP contribution in [-0.2, 0) is 0 Å². The number of unbranched alkanes of at least 4 members (excludes halogenated alkanes) is 1. The van der Waals surface area contributed by atoms with Crippen LogP contribution in [-0.4, -0.2) is 31.1 Å². The molecule has 2 rings (SSSR count). The van der Waals surface area contributed by atoms with Gasteiger partial charge in [0, 0.05) is 0 Å². The smallest absolute Gasteiger partial charge is 0.152 e. The highest BCUT2D eigenvalue weighted by atomic mass is 79.9. The van der Waals surface area contributed by atoms with Gasteiger partial charge in [-0.3, -0.25) is 0 Å². The molecule has 1 aliphatic rings. The standard InChI is InChI=1S/C17H25BrClNO/c1-13-5-8-20(9-6-13)7-3-4-10-21-17-15(18)11-14(2)12-16(17)19/h11-13H,3-10H2,1-2H3. The minimum absolute atomic E-state index is 0.687. The molecule has 1 aromatic rings. The molecular formula is C17H25BrClNO. The summed E-state index contributed by atoms with van der Waals surface area (Å²) in [4.78, 5) is 2.58. The van der Waals surface area contributed by atoms with Gasteiger partial charge >= 0.3 is 0 Å². The Morgan fingerprint density at radius 3 is 2.67 bits per heavy atom. The van der Waals surface area contributed by atoms with Crippen molar-refractivity contribution in [2.24, 2.45) is 5.92 Å². The van der Waals surface area contributed by atoms with Gasteiger partial charge in [0.2, 0.25) is 0 Å². The molecule has 21 heavy (non-hydrogen) atoms. The van der Waals surface area contributed by atoms with Crippen molar-refractivity contribution in [3.05, 3.63) is 27.2 Å². The number of benzene rings is 1. The minimum Gasteiger partial charge on any atom is -0.491 e. The van der Waals surface area contributed by atoms with E-state index in [0.717, 1.165) is 34.7 Å². The van der Waals surface area contributed by atoms with Crippen molar-refractivity contribution < 1.29 is 4.74 Å². The van der Waals surface area contributed by atoms with Crippen LogP contribution in [0.1, 0.15) is 38.2 Å². The first kappa shape index (κ1) is 17.1. The number of ether oxygens (including phenoxy) is 1. The van der Waals surface area contributed by atoms with Crippen LogP contribution in [0.25, 0.3) is 0 Å². The van der Waals surface area contributed by atoms with Gasteiger partial charge in [-0.25, -0.2) is 0 Å². The van der Waals surface area contributed by atoms with E-state index < -0.39 is 0 Å². The normalized spacial score (nSPS) is 17.1. The maximum absolute atomic E-state index is 6.22. The first-order valence-electron chi connectivity index (χ1n) is 7.87. The third-order valence-corrected chi connectivity index (χ3v) is 5.00. The third-order valence-electron chi connectivity index (χ3n) is 4.13. The minimum atomic E-state index is 0.687. The molecule has 0 atom stereocenters. The van der Waals surface area contributed by atoms with Crippen molar-refractivity contribution in [3.63, 3.8) is 0 Å². The second-order valence-corrected chi connectivity index (χ2v) is 7.40. The van der Waals surface area contributed by atoms with Crippen LogP contribution in [0.4, 0.5) is 0 Å². The second-order valence-electron chi connectivity index (χ2n) is 6.14. The number of hydrogen-bond acceptors (Lipinski definition) is 2. The molecule has 0 spiro atoms. The molecule has 0 saturated carbocycles. The van der Waals surface area contributed by atoms with Gasteiger partial charge in [-0.2, -0.15) is 0 Å². The lowest BCUT2D eigenvalue weighted by Gasteiger charge is -2.30. The van der Waals surface area contributed by atoms with Crippen molar-refractivity contribution in [2.45, 2.75) is 39.5 Å². The number of likely N-dealkylation sites (tertiary alicyclic amines) is 1. The van der Waals surface area contributed by atoms with Gasteiger partial charge in [-0.15, -0.1) is 0 Å². The monoisotopic (exact) mass is 373 g/mol. The molecule has 0 bridgehead atoms. The fourth-order valence-electron chi connectivity index (χ4n) is 2.72. The summed E-state index contributed by atoms with van der Waals surface area (Å²) < 4.78 is 6.77. The Morgan fingerprint density at radius 1 is 1.29 bits per heavy atom. The van der Waals surface area contributed by atoms with Crippen molar-refractivity contribution in [1.29, 1.82) is 0 Å². The van der Waals surface area contributed by atoms with Crippen LogP contribution in [0.2, 0.25) is 5.02 Å². The van der Waals surface area contributed by atoms with Gasteiger partial charge in [0.1, 0.15) is 0 Å². The van der Waals surface area contributed by atoms with Crippen LogP contribution < -0.4 is 4.74 Å². The van der Waals surface area contributed by atoms with Crippen molar-refractivity contribution in [3.8, 4) is 5.75 Å². The van der Waals surface area contributed by atoms with Gasteiger partial charge in [0.25, 0.3) is 0 Å². The van der Waals surface area contributed by atoms with E-state index in [2.05, 4.69) is 27.8 Å². The van der Waals surface area contributed by atoms with Gasteiger partial charge in [-0.05, 0) is 91.8 Å². The van der Waals surface area contributed by atoms with E-state index in [1.54, 1.807) is 0 Å². The Morgan fingerprint density at radius 2 is 2.00 bits per heavy atom. The third kappa shape index (κ3) is 5.46. The zero-order valence-corrected chi connectivity index (χ0v) is 15.3. The number of aryl methyl sites for hydroxylation is 1. The number of piperidine rings is 1. The first-order valence-corrected chi connectivity index (χ1v) is 9.04. The van der Waals surface area contributed by atoms with E-state index in [4.69, 9.17) is 16.3 Å². The lowest BCUT2D eigenvalue weighted by molar-refractivity contribution is 0.184. The highest BCUT2D eigenvalue weighted by Crippen LogP contribution is 2.34. The van der Waals surface area contributed by atoms with Crippen LogP contribution in [0.15, 0.2) is 16.6 Å². The first-order chi connectivity index (χ1) is 10.1. The van der Waals surface area contributed by atoms with E-state index >= 15 is 0 Å².